The van der Waals surface area contributed by atoms with E-state index >= 15 is 0 Å². The lowest BCUT2D eigenvalue weighted by Crippen LogP contribution is -2.28. The molecule has 0 aromatic carbocycles. The fourth-order valence-electron chi connectivity index (χ4n) is 1.84. The van der Waals surface area contributed by atoms with Crippen molar-refractivity contribution in [3.63, 3.8) is 0 Å². The van der Waals surface area contributed by atoms with E-state index < -0.39 is 11.7 Å². The summed E-state index contributed by atoms with van der Waals surface area (Å²) in [6.45, 7) is 3.10. The van der Waals surface area contributed by atoms with Crippen LogP contribution in [0.15, 0.2) is 18.3 Å². The molecule has 1 aromatic rings. The lowest BCUT2D eigenvalue weighted by atomic mass is 10.2. The lowest BCUT2D eigenvalue weighted by Gasteiger charge is -2.21. The van der Waals surface area contributed by atoms with Crippen LogP contribution in [-0.4, -0.2) is 31.2 Å². The van der Waals surface area contributed by atoms with Gasteiger partial charge in [-0.25, -0.2) is 4.98 Å². The molecule has 1 fully saturated rings. The molecule has 1 aliphatic heterocycles. The highest BCUT2D eigenvalue weighted by molar-refractivity contribution is 5.42. The third-order valence-electron chi connectivity index (χ3n) is 2.74. The molecule has 94 valence electrons. The van der Waals surface area contributed by atoms with E-state index in [4.69, 9.17) is 0 Å². The Balaban J connectivity index is 2.20. The minimum Gasteiger partial charge on any atom is -0.355 e. The molecular weight excluding hydrogens is 231 g/mol. The molecule has 0 atom stereocenters. The molecule has 1 saturated heterocycles. The zero-order chi connectivity index (χ0) is 12.3. The number of anilines is 1. The monoisotopic (exact) mass is 245 g/mol. The molecular formula is C11H14F3N3. The number of hydrogen-bond donors (Lipinski definition) is 1. The van der Waals surface area contributed by atoms with E-state index in [-0.39, 0.29) is 0 Å². The van der Waals surface area contributed by atoms with Crippen LogP contribution in [0.3, 0.4) is 0 Å². The molecule has 1 N–H and O–H groups in total. The van der Waals surface area contributed by atoms with Gasteiger partial charge in [-0.1, -0.05) is 0 Å². The minimum absolute atomic E-state index is 0.406. The highest BCUT2D eigenvalue weighted by Gasteiger charge is 2.31. The van der Waals surface area contributed by atoms with Crippen LogP contribution in [0.1, 0.15) is 12.0 Å². The predicted octanol–water partition coefficient (Wildman–Crippen LogP) is 1.90. The quantitative estimate of drug-likeness (QED) is 0.819. The number of nitrogens with zero attached hydrogens (tertiary/aromatic N) is 2. The Morgan fingerprint density at radius 2 is 2.06 bits per heavy atom. The van der Waals surface area contributed by atoms with E-state index in [2.05, 4.69) is 10.3 Å². The molecule has 0 amide bonds. The summed E-state index contributed by atoms with van der Waals surface area (Å²) in [4.78, 5) is 5.90. The van der Waals surface area contributed by atoms with Gasteiger partial charge in [-0.3, -0.25) is 0 Å². The Hall–Kier alpha value is -1.30. The maximum atomic E-state index is 12.6. The molecule has 6 heteroatoms. The molecule has 0 saturated carbocycles. The van der Waals surface area contributed by atoms with Gasteiger partial charge in [0.15, 0.2) is 0 Å². The van der Waals surface area contributed by atoms with Crippen molar-refractivity contribution in [2.75, 3.05) is 31.1 Å². The van der Waals surface area contributed by atoms with Gasteiger partial charge in [-0.15, -0.1) is 0 Å². The lowest BCUT2D eigenvalue weighted by molar-refractivity contribution is -0.137. The van der Waals surface area contributed by atoms with Gasteiger partial charge in [-0.2, -0.15) is 13.2 Å². The van der Waals surface area contributed by atoms with Crippen LogP contribution in [0.2, 0.25) is 0 Å². The van der Waals surface area contributed by atoms with Crippen molar-refractivity contribution in [1.29, 1.82) is 0 Å². The molecule has 2 rings (SSSR count). The van der Waals surface area contributed by atoms with Crippen LogP contribution >= 0.6 is 0 Å². The van der Waals surface area contributed by atoms with Crippen LogP contribution < -0.4 is 10.2 Å². The summed E-state index contributed by atoms with van der Waals surface area (Å²) in [6, 6.07) is 2.12. The Labute approximate surface area is 97.6 Å². The maximum Gasteiger partial charge on any atom is 0.416 e. The van der Waals surface area contributed by atoms with Crippen LogP contribution in [0.4, 0.5) is 19.0 Å². The Bertz CT molecular complexity index is 370. The SMILES string of the molecule is FC(F)(F)c1ccnc(N2CCCNCC2)c1. The highest BCUT2D eigenvalue weighted by Crippen LogP contribution is 2.30. The highest BCUT2D eigenvalue weighted by atomic mass is 19.4. The first-order valence-corrected chi connectivity index (χ1v) is 5.56. The third kappa shape index (κ3) is 3.09. The van der Waals surface area contributed by atoms with Crippen molar-refractivity contribution in [2.45, 2.75) is 12.6 Å². The number of alkyl halides is 3. The molecule has 0 bridgehead atoms. The number of aromatic nitrogens is 1. The molecule has 1 aromatic heterocycles. The molecule has 0 spiro atoms. The first kappa shape index (κ1) is 12.2. The third-order valence-corrected chi connectivity index (χ3v) is 2.74. The number of nitrogens with one attached hydrogen (secondary N) is 1. The summed E-state index contributed by atoms with van der Waals surface area (Å²) in [6.07, 6.45) is -2.17. The van der Waals surface area contributed by atoms with E-state index in [0.717, 1.165) is 38.2 Å². The summed E-state index contributed by atoms with van der Waals surface area (Å²) in [7, 11) is 0. The standard InChI is InChI=1S/C11H14F3N3/c12-11(13,14)9-2-4-16-10(8-9)17-6-1-3-15-5-7-17/h2,4,8,15H,1,3,5-7H2. The van der Waals surface area contributed by atoms with Crippen LogP contribution in [0, 0.1) is 0 Å². The molecule has 3 nitrogen and oxygen atoms in total. The van der Waals surface area contributed by atoms with Crippen molar-refractivity contribution in [3.05, 3.63) is 23.9 Å². The summed E-state index contributed by atoms with van der Waals surface area (Å²) in [5.74, 6) is 0.406. The Morgan fingerprint density at radius 1 is 1.24 bits per heavy atom. The number of halogens is 3. The van der Waals surface area contributed by atoms with Crippen molar-refractivity contribution >= 4 is 5.82 Å². The van der Waals surface area contributed by atoms with Crippen molar-refractivity contribution in [1.82, 2.24) is 10.3 Å². The second kappa shape index (κ2) is 4.91. The molecule has 17 heavy (non-hydrogen) atoms. The fourth-order valence-corrected chi connectivity index (χ4v) is 1.84. The topological polar surface area (TPSA) is 28.2 Å². The summed E-state index contributed by atoms with van der Waals surface area (Å²) >= 11 is 0. The zero-order valence-electron chi connectivity index (χ0n) is 9.30. The molecule has 1 aliphatic rings. The van der Waals surface area contributed by atoms with Crippen molar-refractivity contribution in [3.8, 4) is 0 Å². The summed E-state index contributed by atoms with van der Waals surface area (Å²) < 4.78 is 37.7. The average Bonchev–Trinajstić information content (AvgIpc) is 2.56. The van der Waals surface area contributed by atoms with Crippen molar-refractivity contribution in [2.24, 2.45) is 0 Å². The first-order valence-electron chi connectivity index (χ1n) is 5.56. The Morgan fingerprint density at radius 3 is 2.82 bits per heavy atom. The van der Waals surface area contributed by atoms with Gasteiger partial charge in [-0.05, 0) is 25.1 Å². The van der Waals surface area contributed by atoms with Gasteiger partial charge in [0.2, 0.25) is 0 Å². The molecule has 0 radical (unpaired) electrons. The zero-order valence-corrected chi connectivity index (χ0v) is 9.30. The van der Waals surface area contributed by atoms with E-state index in [0.29, 0.717) is 12.4 Å². The predicted molar refractivity (Wildman–Crippen MR) is 58.9 cm³/mol. The van der Waals surface area contributed by atoms with E-state index in [1.165, 1.54) is 6.20 Å². The average molecular weight is 245 g/mol. The smallest absolute Gasteiger partial charge is 0.355 e. The normalized spacial score (nSPS) is 17.9. The molecule has 0 aliphatic carbocycles. The fraction of sp³-hybridized carbons (Fsp3) is 0.545. The van der Waals surface area contributed by atoms with Gasteiger partial charge in [0.1, 0.15) is 5.82 Å². The second-order valence-electron chi connectivity index (χ2n) is 3.99. The number of pyridine rings is 1. The van der Waals surface area contributed by atoms with Gasteiger partial charge in [0.05, 0.1) is 5.56 Å². The second-order valence-corrected chi connectivity index (χ2v) is 3.99. The maximum absolute atomic E-state index is 12.6. The minimum atomic E-state index is -4.30. The molecule has 2 heterocycles. The van der Waals surface area contributed by atoms with E-state index in [9.17, 15) is 13.2 Å². The number of rotatable bonds is 1. The van der Waals surface area contributed by atoms with Crippen LogP contribution in [0.5, 0.6) is 0 Å². The van der Waals surface area contributed by atoms with Crippen LogP contribution in [-0.2, 0) is 6.18 Å². The number of hydrogen-bond acceptors (Lipinski definition) is 3. The molecule has 0 unspecified atom stereocenters. The van der Waals surface area contributed by atoms with Gasteiger partial charge in [0.25, 0.3) is 0 Å². The Kier molecular flexibility index (Phi) is 3.51. The van der Waals surface area contributed by atoms with Gasteiger partial charge in [0, 0.05) is 25.8 Å². The van der Waals surface area contributed by atoms with E-state index in [1.54, 1.807) is 0 Å². The van der Waals surface area contributed by atoms with Gasteiger partial charge >= 0.3 is 6.18 Å². The first-order chi connectivity index (χ1) is 8.07. The van der Waals surface area contributed by atoms with E-state index in [1.807, 2.05) is 4.90 Å². The van der Waals surface area contributed by atoms with Gasteiger partial charge < -0.3 is 10.2 Å². The largest absolute Gasteiger partial charge is 0.416 e. The summed E-state index contributed by atoms with van der Waals surface area (Å²) in [5, 5.41) is 3.20. The van der Waals surface area contributed by atoms with Crippen LogP contribution in [0.25, 0.3) is 0 Å². The summed E-state index contributed by atoms with van der Waals surface area (Å²) in [5.41, 5.74) is -0.639. The van der Waals surface area contributed by atoms with Crippen molar-refractivity contribution < 1.29 is 13.2 Å².